The zero-order valence-electron chi connectivity index (χ0n) is 29.2. The van der Waals surface area contributed by atoms with Gasteiger partial charge >= 0.3 is 59.1 Å². The van der Waals surface area contributed by atoms with E-state index in [4.69, 9.17) is 15.2 Å². The number of rotatable bonds is 17. The maximum Gasteiger partial charge on any atom is 1.00 e. The molecule has 27 heteroatoms. The van der Waals surface area contributed by atoms with Crippen LogP contribution in [0, 0.1) is 0 Å². The van der Waals surface area contributed by atoms with E-state index in [1.54, 1.807) is 6.20 Å². The molecule has 0 radical (unpaired) electrons. The number of aliphatic hydroxyl groups is 5. The second kappa shape index (κ2) is 20.1. The Bertz CT molecular complexity index is 1790. The smallest absolute Gasteiger partial charge is 0.756 e. The Morgan fingerprint density at radius 3 is 2.34 bits per heavy atom. The first-order valence-electron chi connectivity index (χ1n) is 16.1. The monoisotopic (exact) mass is 812 g/mol. The van der Waals surface area contributed by atoms with Crippen LogP contribution in [-0.2, 0) is 44.9 Å². The normalized spacial score (nSPS) is 29.6. The van der Waals surface area contributed by atoms with E-state index in [0.29, 0.717) is 12.1 Å². The number of imidazole rings is 1. The van der Waals surface area contributed by atoms with Gasteiger partial charge in [-0.05, 0) is 12.8 Å². The van der Waals surface area contributed by atoms with Crippen LogP contribution >= 0.6 is 15.6 Å². The molecule has 8 N–H and O–H groups in total. The van der Waals surface area contributed by atoms with Crippen molar-refractivity contribution in [1.29, 1.82) is 0 Å². The average Bonchev–Trinajstić information content (AvgIpc) is 3.76. The molecule has 3 aromatic rings. The second-order valence-electron chi connectivity index (χ2n) is 12.2. The van der Waals surface area contributed by atoms with Crippen molar-refractivity contribution < 1.29 is 126 Å². The van der Waals surface area contributed by atoms with Gasteiger partial charge in [0, 0.05) is 6.20 Å². The Kier molecular flexibility index (Phi) is 17.7. The van der Waals surface area contributed by atoms with Crippen molar-refractivity contribution in [3.8, 4) is 0 Å². The maximum atomic E-state index is 12.6. The zero-order valence-corrected chi connectivity index (χ0v) is 35.0. The molecule has 286 valence electrons. The quantitative estimate of drug-likeness (QED) is 0.0378. The summed E-state index contributed by atoms with van der Waals surface area (Å²) in [6.45, 7) is 0.797. The predicted molar refractivity (Wildman–Crippen MR) is 166 cm³/mol. The van der Waals surface area contributed by atoms with Gasteiger partial charge in [0.25, 0.3) is 21.2 Å². The molecule has 2 unspecified atom stereocenters. The van der Waals surface area contributed by atoms with Crippen molar-refractivity contribution in [1.82, 2.24) is 34.5 Å². The molecule has 0 saturated carbocycles. The number of nitrogens with zero attached hydrogens (tertiary/aromatic N) is 6. The van der Waals surface area contributed by atoms with E-state index in [2.05, 4.69) is 45.5 Å². The minimum atomic E-state index is -5.95. The van der Waals surface area contributed by atoms with Crippen LogP contribution < -0.4 is 80.2 Å². The van der Waals surface area contributed by atoms with Crippen LogP contribution in [0.3, 0.4) is 0 Å². The molecular formula is C26H40N8Na2O15P2. The molecule has 0 bridgehead atoms. The zero-order chi connectivity index (χ0) is 37.1. The van der Waals surface area contributed by atoms with E-state index in [-0.39, 0.29) is 82.8 Å². The molecule has 0 amide bonds. The van der Waals surface area contributed by atoms with Crippen molar-refractivity contribution in [2.24, 2.45) is 0 Å². The van der Waals surface area contributed by atoms with Crippen LogP contribution in [0.15, 0.2) is 17.3 Å². The largest absolute Gasteiger partial charge is 1.00 e. The van der Waals surface area contributed by atoms with Crippen LogP contribution in [-0.4, -0.2) is 116 Å². The van der Waals surface area contributed by atoms with Crippen LogP contribution in [0.4, 0.5) is 5.95 Å². The predicted octanol–water partition coefficient (Wildman–Crippen LogP) is -8.68. The summed E-state index contributed by atoms with van der Waals surface area (Å²) in [6, 6.07) is 0. The molecular weight excluding hydrogens is 772 g/mol. The average molecular weight is 813 g/mol. The van der Waals surface area contributed by atoms with Gasteiger partial charge < -0.3 is 55.1 Å². The fourth-order valence-electron chi connectivity index (χ4n) is 5.65. The van der Waals surface area contributed by atoms with Crippen molar-refractivity contribution in [2.75, 3.05) is 12.3 Å². The Hall–Kier alpha value is -0.730. The molecule has 2 aliphatic heterocycles. The molecule has 23 nitrogen and oxygen atoms in total. The minimum Gasteiger partial charge on any atom is -0.756 e. The molecule has 5 rings (SSSR count). The number of ether oxygens (including phenoxy) is 2. The van der Waals surface area contributed by atoms with Crippen LogP contribution in [0.5, 0.6) is 0 Å². The number of phosphoric acid groups is 2. The summed E-state index contributed by atoms with van der Waals surface area (Å²) in [5, 5.41) is 60.2. The molecule has 53 heavy (non-hydrogen) atoms. The number of nitrogens with one attached hydrogen (secondary N) is 1. The molecule has 11 atom stereocenters. The van der Waals surface area contributed by atoms with Gasteiger partial charge in [-0.25, -0.2) is 14.0 Å². The number of hydrogen-bond donors (Lipinski definition) is 7. The number of aryl methyl sites for hydroxylation is 1. The van der Waals surface area contributed by atoms with E-state index in [1.807, 2.05) is 0 Å². The molecule has 5 heterocycles. The first kappa shape index (κ1) is 46.7. The van der Waals surface area contributed by atoms with E-state index < -0.39 is 83.1 Å². The number of aliphatic hydroxyl groups excluding tert-OH is 5. The maximum absolute atomic E-state index is 12.6. The van der Waals surface area contributed by atoms with Gasteiger partial charge in [-0.15, -0.1) is 5.10 Å². The molecule has 0 aromatic carbocycles. The van der Waals surface area contributed by atoms with Gasteiger partial charge in [0.1, 0.15) is 42.7 Å². The molecule has 0 aliphatic carbocycles. The summed E-state index contributed by atoms with van der Waals surface area (Å²) < 4.78 is 51.5. The number of H-pyrrole nitrogens is 1. The van der Waals surface area contributed by atoms with Gasteiger partial charge in [-0.3, -0.25) is 28.0 Å². The van der Waals surface area contributed by atoms with Crippen LogP contribution in [0.2, 0.25) is 0 Å². The third kappa shape index (κ3) is 11.9. The molecule has 2 saturated heterocycles. The molecule has 2 aliphatic rings. The topological polar surface area (TPSA) is 348 Å². The number of nitrogens with two attached hydrogens (primary N) is 1. The third-order valence-corrected chi connectivity index (χ3v) is 10.8. The Balaban J connectivity index is 0.00000378. The van der Waals surface area contributed by atoms with Gasteiger partial charge in [-0.1, -0.05) is 44.2 Å². The Morgan fingerprint density at radius 2 is 1.62 bits per heavy atom. The molecule has 0 spiro atoms. The Labute approximate surface area is 346 Å². The summed E-state index contributed by atoms with van der Waals surface area (Å²) >= 11 is 0. The van der Waals surface area contributed by atoms with Gasteiger partial charge in [-0.2, -0.15) is 4.98 Å². The van der Waals surface area contributed by atoms with Gasteiger partial charge in [0.15, 0.2) is 23.7 Å². The summed E-state index contributed by atoms with van der Waals surface area (Å²) in [5.41, 5.74) is 5.21. The number of unbranched alkanes of at least 4 members (excludes halogenated alkanes) is 5. The summed E-state index contributed by atoms with van der Waals surface area (Å²) in [4.78, 5) is 47.2. The van der Waals surface area contributed by atoms with Crippen molar-refractivity contribution in [3.63, 3.8) is 0 Å². The van der Waals surface area contributed by atoms with Gasteiger partial charge in [0.05, 0.1) is 25.2 Å². The van der Waals surface area contributed by atoms with Gasteiger partial charge in [0.2, 0.25) is 5.95 Å². The van der Waals surface area contributed by atoms with E-state index in [1.165, 1.54) is 11.1 Å². The summed E-state index contributed by atoms with van der Waals surface area (Å²) in [7, 11) is -11.8. The number of nitrogen functional groups attached to an aromatic ring is 1. The minimum absolute atomic E-state index is 0. The third-order valence-electron chi connectivity index (χ3n) is 8.30. The Morgan fingerprint density at radius 1 is 0.943 bits per heavy atom. The number of aromatic amines is 1. The number of anilines is 1. The first-order valence-corrected chi connectivity index (χ1v) is 19.0. The van der Waals surface area contributed by atoms with E-state index >= 15 is 0 Å². The number of fused-ring (bicyclic) bond motifs is 1. The van der Waals surface area contributed by atoms with Crippen LogP contribution in [0.1, 0.15) is 57.4 Å². The fraction of sp³-hybridized carbons (Fsp3) is 0.731. The second-order valence-corrected chi connectivity index (χ2v) is 15.1. The van der Waals surface area contributed by atoms with Crippen LogP contribution in [0.25, 0.3) is 11.2 Å². The summed E-state index contributed by atoms with van der Waals surface area (Å²) in [5.74, 6) is -0.286. The standard InChI is InChI=1S/C26H42N8O15P2.2Na/c1-2-3-4-5-6-7-8-13-9-33(32-31-13)10-14-17(35)19(37)21(39)25(47-14)48-51(43,44)49-50(41,42)45-11-15-18(36)20(38)24(46-15)34-12-28-16-22(34)29-26(27)30-23(16)40;;/h9,12,14-15,17-21,24-25,35-39H,2-8,10-11H2,1H3,(H,41,42)(H,43,44)(H3,27,29,30,40);;/q;2*+1/p-2/t14-,15+,17+,18+,19+,20+,21-,24+,25+;;/m0../s1. The molecule has 3 aromatic heterocycles. The number of aromatic nitrogens is 7. The first-order chi connectivity index (χ1) is 24.1. The van der Waals surface area contributed by atoms with Crippen molar-refractivity contribution in [3.05, 3.63) is 28.6 Å². The van der Waals surface area contributed by atoms with Crippen molar-refractivity contribution >= 4 is 32.8 Å². The van der Waals surface area contributed by atoms with E-state index in [0.717, 1.165) is 43.0 Å². The molecule has 2 fully saturated rings. The van der Waals surface area contributed by atoms with Crippen molar-refractivity contribution in [2.45, 2.75) is 114 Å². The summed E-state index contributed by atoms with van der Waals surface area (Å²) in [6.07, 6.45) is -6.38. The number of hydrogen-bond acceptors (Lipinski definition) is 20. The SMILES string of the molecule is CCCCCCCCc1cn(C[C@@H]2O[C@H](OP(=O)([O-])OP(=O)([O-])OC[C@H]3O[C@@H](n4cnc5c(=O)[nH]c(N)nc54)[C@H](O)[C@@H]3O)[C@@H](O)[C@H](O)[C@@H]2O)nn1.[Na+].[Na+]. The fourth-order valence-corrected chi connectivity index (χ4v) is 7.73. The van der Waals surface area contributed by atoms with E-state index in [9.17, 15) is 49.2 Å². The number of phosphoric ester groups is 2.